The van der Waals surface area contributed by atoms with Gasteiger partial charge in [0.05, 0.1) is 19.3 Å². The summed E-state index contributed by atoms with van der Waals surface area (Å²) in [6, 6.07) is 0. The van der Waals surface area contributed by atoms with Crippen LogP contribution in [-0.2, 0) is 19.1 Å². The zero-order chi connectivity index (χ0) is 28.1. The molecule has 6 nitrogen and oxygen atoms in total. The van der Waals surface area contributed by atoms with Crippen LogP contribution >= 0.6 is 0 Å². The topological polar surface area (TPSA) is 76.1 Å². The van der Waals surface area contributed by atoms with Crippen LogP contribution in [0.4, 0.5) is 0 Å². The molecule has 0 spiro atoms. The molecular weight excluding hydrogens is 478 g/mol. The van der Waals surface area contributed by atoms with Crippen LogP contribution in [-0.4, -0.2) is 60.9 Å². The van der Waals surface area contributed by atoms with Crippen LogP contribution in [0, 0.1) is 0 Å². The summed E-state index contributed by atoms with van der Waals surface area (Å²) in [6.07, 6.45) is 22.4. The van der Waals surface area contributed by atoms with Crippen molar-refractivity contribution < 1.29 is 24.2 Å². The minimum atomic E-state index is -0.0432. The van der Waals surface area contributed by atoms with Gasteiger partial charge in [-0.25, -0.2) is 0 Å². The number of hydrogen-bond acceptors (Lipinski definition) is 6. The predicted molar refractivity (Wildman–Crippen MR) is 158 cm³/mol. The van der Waals surface area contributed by atoms with Gasteiger partial charge in [-0.2, -0.15) is 0 Å². The summed E-state index contributed by atoms with van der Waals surface area (Å²) in [5, 5.41) is 9.39. The molecule has 0 aromatic carbocycles. The highest BCUT2D eigenvalue weighted by Gasteiger charge is 2.09. The molecule has 0 saturated heterocycles. The van der Waals surface area contributed by atoms with Crippen molar-refractivity contribution in [1.82, 2.24) is 4.90 Å². The lowest BCUT2D eigenvalue weighted by atomic mass is 10.1. The molecule has 0 aliphatic carbocycles. The Hall–Kier alpha value is -1.14. The second-order valence-corrected chi connectivity index (χ2v) is 11.0. The second kappa shape index (κ2) is 28.9. The van der Waals surface area contributed by atoms with E-state index >= 15 is 0 Å². The van der Waals surface area contributed by atoms with E-state index in [1.807, 2.05) is 6.92 Å². The van der Waals surface area contributed by atoms with Crippen LogP contribution in [0.25, 0.3) is 0 Å². The van der Waals surface area contributed by atoms with Crippen molar-refractivity contribution in [2.45, 2.75) is 162 Å². The number of hydrogen-bond donors (Lipinski definition) is 1. The highest BCUT2D eigenvalue weighted by atomic mass is 16.5. The molecule has 0 aromatic rings. The number of carbonyl (C=O) groups excluding carboxylic acids is 2. The van der Waals surface area contributed by atoms with Gasteiger partial charge in [0.1, 0.15) is 0 Å². The Labute approximate surface area is 235 Å². The van der Waals surface area contributed by atoms with Gasteiger partial charge in [0.2, 0.25) is 0 Å². The average Bonchev–Trinajstić information content (AvgIpc) is 2.89. The lowest BCUT2D eigenvalue weighted by Crippen LogP contribution is -2.29. The minimum Gasteiger partial charge on any atom is -0.466 e. The van der Waals surface area contributed by atoms with Crippen molar-refractivity contribution in [1.29, 1.82) is 0 Å². The van der Waals surface area contributed by atoms with E-state index in [4.69, 9.17) is 9.47 Å². The van der Waals surface area contributed by atoms with Crippen molar-refractivity contribution in [3.8, 4) is 0 Å². The first-order valence-electron chi connectivity index (χ1n) is 16.2. The fraction of sp³-hybridized carbons (Fsp3) is 0.938. The number of ether oxygens (including phenoxy) is 2. The molecule has 0 radical (unpaired) electrons. The highest BCUT2D eigenvalue weighted by molar-refractivity contribution is 5.69. The maximum absolute atomic E-state index is 12.0. The largest absolute Gasteiger partial charge is 0.466 e. The quantitative estimate of drug-likeness (QED) is 0.0764. The summed E-state index contributed by atoms with van der Waals surface area (Å²) in [7, 11) is 0. The molecule has 1 atom stereocenters. The van der Waals surface area contributed by atoms with Crippen molar-refractivity contribution in [2.75, 3.05) is 32.8 Å². The molecule has 0 aliphatic heterocycles. The summed E-state index contributed by atoms with van der Waals surface area (Å²) in [4.78, 5) is 26.1. The Morgan fingerprint density at radius 2 is 1.13 bits per heavy atom. The van der Waals surface area contributed by atoms with Gasteiger partial charge >= 0.3 is 11.9 Å². The van der Waals surface area contributed by atoms with Crippen molar-refractivity contribution >= 4 is 11.9 Å². The Morgan fingerprint density at radius 3 is 1.71 bits per heavy atom. The molecule has 1 N–H and O–H groups in total. The van der Waals surface area contributed by atoms with Crippen LogP contribution in [0.1, 0.15) is 156 Å². The van der Waals surface area contributed by atoms with Crippen molar-refractivity contribution in [3.05, 3.63) is 0 Å². The number of esters is 2. The molecule has 0 rings (SSSR count). The van der Waals surface area contributed by atoms with Gasteiger partial charge in [0.25, 0.3) is 0 Å². The number of rotatable bonds is 29. The number of aliphatic hydroxyl groups is 1. The molecule has 0 saturated carbocycles. The van der Waals surface area contributed by atoms with Crippen LogP contribution in [0.2, 0.25) is 0 Å². The lowest BCUT2D eigenvalue weighted by Gasteiger charge is -2.21. The molecule has 6 heteroatoms. The van der Waals surface area contributed by atoms with Crippen LogP contribution in [0.3, 0.4) is 0 Å². The monoisotopic (exact) mass is 541 g/mol. The van der Waals surface area contributed by atoms with Crippen LogP contribution in [0.15, 0.2) is 0 Å². The molecule has 0 amide bonds. The maximum Gasteiger partial charge on any atom is 0.306 e. The molecule has 0 heterocycles. The Balaban J connectivity index is 3.64. The standard InChI is InChI=1S/C32H63NO5/c1-4-6-8-16-22-30(3)38-32(36)24-18-13-11-15-20-26-33(27-28-34)25-19-14-10-12-17-23-31(35)37-29-21-9-7-5-2/h30,34H,4-29H2,1-3H3. The Morgan fingerprint density at radius 1 is 0.632 bits per heavy atom. The maximum atomic E-state index is 12.0. The van der Waals surface area contributed by atoms with Gasteiger partial charge in [-0.05, 0) is 65.0 Å². The average molecular weight is 542 g/mol. The Kier molecular flexibility index (Phi) is 28.0. The normalized spacial score (nSPS) is 12.1. The van der Waals surface area contributed by atoms with E-state index in [-0.39, 0.29) is 24.6 Å². The third kappa shape index (κ3) is 26.5. The van der Waals surface area contributed by atoms with Crippen molar-refractivity contribution in [3.63, 3.8) is 0 Å². The van der Waals surface area contributed by atoms with E-state index in [0.29, 0.717) is 19.4 Å². The zero-order valence-corrected chi connectivity index (χ0v) is 25.5. The predicted octanol–water partition coefficient (Wildman–Crippen LogP) is 7.99. The highest BCUT2D eigenvalue weighted by Crippen LogP contribution is 2.12. The fourth-order valence-electron chi connectivity index (χ4n) is 4.73. The van der Waals surface area contributed by atoms with E-state index in [0.717, 1.165) is 96.7 Å². The summed E-state index contributed by atoms with van der Waals surface area (Å²) in [6.45, 7) is 9.99. The van der Waals surface area contributed by atoms with Crippen LogP contribution < -0.4 is 0 Å². The first-order valence-corrected chi connectivity index (χ1v) is 16.2. The third-order valence-corrected chi connectivity index (χ3v) is 7.18. The van der Waals surface area contributed by atoms with E-state index < -0.39 is 0 Å². The molecular formula is C32H63NO5. The van der Waals surface area contributed by atoms with Crippen LogP contribution in [0.5, 0.6) is 0 Å². The van der Waals surface area contributed by atoms with E-state index in [9.17, 15) is 14.7 Å². The summed E-state index contributed by atoms with van der Waals surface area (Å²) in [5.74, 6) is -0.0850. The SMILES string of the molecule is CCCCCCOC(=O)CCCCCCCN(CCO)CCCCCCCC(=O)OC(C)CCCCCC. The summed E-state index contributed by atoms with van der Waals surface area (Å²) < 4.78 is 10.8. The summed E-state index contributed by atoms with van der Waals surface area (Å²) >= 11 is 0. The van der Waals surface area contributed by atoms with Gasteiger partial charge in [0.15, 0.2) is 0 Å². The first kappa shape index (κ1) is 36.9. The lowest BCUT2D eigenvalue weighted by molar-refractivity contribution is -0.148. The van der Waals surface area contributed by atoms with E-state index in [1.54, 1.807) is 0 Å². The number of nitrogens with zero attached hydrogens (tertiary/aromatic N) is 1. The molecule has 1 unspecified atom stereocenters. The van der Waals surface area contributed by atoms with Crippen molar-refractivity contribution in [2.24, 2.45) is 0 Å². The molecule has 226 valence electrons. The smallest absolute Gasteiger partial charge is 0.306 e. The molecule has 0 aliphatic rings. The number of unbranched alkanes of at least 4 members (excludes halogenated alkanes) is 14. The number of aliphatic hydroxyl groups excluding tert-OH is 1. The van der Waals surface area contributed by atoms with E-state index in [1.165, 1.54) is 44.9 Å². The first-order chi connectivity index (χ1) is 18.5. The third-order valence-electron chi connectivity index (χ3n) is 7.18. The fourth-order valence-corrected chi connectivity index (χ4v) is 4.73. The van der Waals surface area contributed by atoms with Gasteiger partial charge in [0, 0.05) is 19.4 Å². The number of carbonyl (C=O) groups is 2. The molecule has 0 fully saturated rings. The van der Waals surface area contributed by atoms with E-state index in [2.05, 4.69) is 18.7 Å². The zero-order valence-electron chi connectivity index (χ0n) is 25.5. The van der Waals surface area contributed by atoms with Gasteiger partial charge in [-0.3, -0.25) is 9.59 Å². The summed E-state index contributed by atoms with van der Waals surface area (Å²) in [5.41, 5.74) is 0. The Bertz CT molecular complexity index is 528. The van der Waals surface area contributed by atoms with Gasteiger partial charge in [-0.1, -0.05) is 90.9 Å². The van der Waals surface area contributed by atoms with Gasteiger partial charge < -0.3 is 19.5 Å². The minimum absolute atomic E-state index is 0.0418. The molecule has 0 bridgehead atoms. The second-order valence-electron chi connectivity index (χ2n) is 11.0. The van der Waals surface area contributed by atoms with Gasteiger partial charge in [-0.15, -0.1) is 0 Å². The molecule has 38 heavy (non-hydrogen) atoms. The molecule has 0 aromatic heterocycles.